The molecule has 2 nitrogen and oxygen atoms in total. The van der Waals surface area contributed by atoms with Gasteiger partial charge in [-0.05, 0) is 25.3 Å². The zero-order valence-electron chi connectivity index (χ0n) is 7.79. The first-order chi connectivity index (χ1) is 5.91. The molecule has 0 unspecified atom stereocenters. The Morgan fingerprint density at radius 2 is 1.92 bits per heavy atom. The molecule has 0 atom stereocenters. The number of carbonyl (C=O) groups is 1. The third-order valence-electron chi connectivity index (χ3n) is 1.68. The number of carbonyl (C=O) groups excluding carboxylic acids is 1. The lowest BCUT2D eigenvalue weighted by atomic mass is 10.1. The van der Waals surface area contributed by atoms with Gasteiger partial charge >= 0.3 is 0 Å². The van der Waals surface area contributed by atoms with E-state index in [1.807, 2.05) is 6.08 Å². The zero-order chi connectivity index (χ0) is 9.07. The number of hydrogen-bond donors (Lipinski definition) is 0. The van der Waals surface area contributed by atoms with E-state index in [2.05, 4.69) is 0 Å². The number of methoxy groups -OCH3 is 1. The van der Waals surface area contributed by atoms with Gasteiger partial charge in [0.1, 0.15) is 6.29 Å². The van der Waals surface area contributed by atoms with Crippen LogP contribution in [0, 0.1) is 0 Å². The largest absolute Gasteiger partial charge is 0.385 e. The summed E-state index contributed by atoms with van der Waals surface area (Å²) in [4.78, 5) is 9.88. The minimum atomic E-state index is 0.824. The average molecular weight is 170 g/mol. The van der Waals surface area contributed by atoms with Crippen molar-refractivity contribution in [3.8, 4) is 0 Å². The second kappa shape index (κ2) is 10.4. The summed E-state index contributed by atoms with van der Waals surface area (Å²) in [5.74, 6) is 0. The van der Waals surface area contributed by atoms with E-state index in [0.717, 1.165) is 25.7 Å². The van der Waals surface area contributed by atoms with Crippen molar-refractivity contribution in [1.82, 2.24) is 0 Å². The van der Waals surface area contributed by atoms with Crippen molar-refractivity contribution in [3.63, 3.8) is 0 Å². The summed E-state index contributed by atoms with van der Waals surface area (Å²) in [7, 11) is 1.73. The van der Waals surface area contributed by atoms with Crippen molar-refractivity contribution in [2.24, 2.45) is 0 Å². The third kappa shape index (κ3) is 9.37. The topological polar surface area (TPSA) is 26.3 Å². The molecule has 0 radical (unpaired) electrons. The van der Waals surface area contributed by atoms with Crippen LogP contribution < -0.4 is 0 Å². The molecule has 70 valence electrons. The summed E-state index contributed by atoms with van der Waals surface area (Å²) < 4.78 is 4.93. The van der Waals surface area contributed by atoms with Crippen LogP contribution in [0.25, 0.3) is 0 Å². The van der Waals surface area contributed by atoms with Gasteiger partial charge in [0, 0.05) is 13.7 Å². The molecule has 0 spiro atoms. The van der Waals surface area contributed by atoms with E-state index in [4.69, 9.17) is 4.74 Å². The summed E-state index contributed by atoms with van der Waals surface area (Å²) in [5.41, 5.74) is 0. The minimum Gasteiger partial charge on any atom is -0.385 e. The Labute approximate surface area is 74.6 Å². The minimum absolute atomic E-state index is 0.824. The molecule has 12 heavy (non-hydrogen) atoms. The van der Waals surface area contributed by atoms with Crippen molar-refractivity contribution in [2.75, 3.05) is 13.7 Å². The summed E-state index contributed by atoms with van der Waals surface area (Å²) in [6, 6.07) is 0. The van der Waals surface area contributed by atoms with E-state index in [1.54, 1.807) is 13.2 Å². The second-order valence-corrected chi connectivity index (χ2v) is 2.76. The fourth-order valence-electron chi connectivity index (χ4n) is 1.01. The monoisotopic (exact) mass is 170 g/mol. The molecule has 0 aromatic rings. The molecule has 0 heterocycles. The fourth-order valence-corrected chi connectivity index (χ4v) is 1.01. The molecule has 0 saturated heterocycles. The normalized spacial score (nSPS) is 10.8. The van der Waals surface area contributed by atoms with E-state index < -0.39 is 0 Å². The van der Waals surface area contributed by atoms with E-state index in [0.29, 0.717) is 0 Å². The second-order valence-electron chi connectivity index (χ2n) is 2.76. The molecule has 0 bridgehead atoms. The lowest BCUT2D eigenvalue weighted by Crippen LogP contribution is -1.87. The number of allylic oxidation sites excluding steroid dienone is 2. The number of hydrogen-bond acceptors (Lipinski definition) is 2. The predicted octanol–water partition coefficient (Wildman–Crippen LogP) is 2.34. The maximum atomic E-state index is 9.88. The van der Waals surface area contributed by atoms with Gasteiger partial charge in [0.25, 0.3) is 0 Å². The van der Waals surface area contributed by atoms with Gasteiger partial charge in [0.2, 0.25) is 0 Å². The molecule has 0 N–H and O–H groups in total. The summed E-state index contributed by atoms with van der Waals surface area (Å²) in [6.45, 7) is 0.865. The molecule has 0 fully saturated rings. The van der Waals surface area contributed by atoms with Crippen molar-refractivity contribution >= 4 is 6.29 Å². The summed E-state index contributed by atoms with van der Waals surface area (Å²) in [5, 5.41) is 0. The molecular formula is C10H18O2. The molecule has 0 aliphatic carbocycles. The summed E-state index contributed by atoms with van der Waals surface area (Å²) >= 11 is 0. The number of rotatable bonds is 8. The maximum absolute atomic E-state index is 9.88. The predicted molar refractivity (Wildman–Crippen MR) is 50.2 cm³/mol. The molecular weight excluding hydrogens is 152 g/mol. The molecule has 0 aromatic heterocycles. The highest BCUT2D eigenvalue weighted by Gasteiger charge is 1.87. The van der Waals surface area contributed by atoms with E-state index in [1.165, 1.54) is 19.3 Å². The van der Waals surface area contributed by atoms with Crippen molar-refractivity contribution < 1.29 is 9.53 Å². The SMILES string of the molecule is COCCCCCCC=CC=O. The van der Waals surface area contributed by atoms with Crippen LogP contribution in [-0.4, -0.2) is 20.0 Å². The maximum Gasteiger partial charge on any atom is 0.142 e. The van der Waals surface area contributed by atoms with Gasteiger partial charge in [0.15, 0.2) is 0 Å². The smallest absolute Gasteiger partial charge is 0.142 e. The van der Waals surface area contributed by atoms with Gasteiger partial charge in [-0.15, -0.1) is 0 Å². The third-order valence-corrected chi connectivity index (χ3v) is 1.68. The highest BCUT2D eigenvalue weighted by molar-refractivity contribution is 5.64. The van der Waals surface area contributed by atoms with Crippen LogP contribution in [0.3, 0.4) is 0 Å². The van der Waals surface area contributed by atoms with E-state index in [9.17, 15) is 4.79 Å². The van der Waals surface area contributed by atoms with Crippen LogP contribution in [0.4, 0.5) is 0 Å². The first-order valence-corrected chi connectivity index (χ1v) is 4.51. The molecule has 0 amide bonds. The Bertz CT molecular complexity index is 119. The van der Waals surface area contributed by atoms with Gasteiger partial charge in [-0.25, -0.2) is 0 Å². The van der Waals surface area contributed by atoms with Crippen molar-refractivity contribution in [2.45, 2.75) is 32.1 Å². The fraction of sp³-hybridized carbons (Fsp3) is 0.700. The average Bonchev–Trinajstić information content (AvgIpc) is 2.10. The quantitative estimate of drug-likeness (QED) is 0.317. The van der Waals surface area contributed by atoms with Gasteiger partial charge in [0.05, 0.1) is 0 Å². The molecule has 0 aliphatic rings. The van der Waals surface area contributed by atoms with Crippen LogP contribution >= 0.6 is 0 Å². The summed E-state index contributed by atoms with van der Waals surface area (Å²) in [6.07, 6.45) is 10.1. The first kappa shape index (κ1) is 11.4. The Kier molecular flexibility index (Phi) is 9.83. The highest BCUT2D eigenvalue weighted by atomic mass is 16.5. The van der Waals surface area contributed by atoms with Crippen LogP contribution in [0.5, 0.6) is 0 Å². The van der Waals surface area contributed by atoms with Gasteiger partial charge < -0.3 is 4.74 Å². The zero-order valence-corrected chi connectivity index (χ0v) is 7.79. The number of unbranched alkanes of at least 4 members (excludes halogenated alkanes) is 4. The number of aldehydes is 1. The van der Waals surface area contributed by atoms with Gasteiger partial charge in [-0.2, -0.15) is 0 Å². The highest BCUT2D eigenvalue weighted by Crippen LogP contribution is 2.03. The van der Waals surface area contributed by atoms with Crippen molar-refractivity contribution in [3.05, 3.63) is 12.2 Å². The lowest BCUT2D eigenvalue weighted by molar-refractivity contribution is -0.104. The molecule has 2 heteroatoms. The standard InChI is InChI=1S/C10H18O2/c1-12-10-8-6-4-2-3-5-7-9-11/h5,7,9H,2-4,6,8,10H2,1H3. The molecule has 0 aromatic carbocycles. The first-order valence-electron chi connectivity index (χ1n) is 4.51. The van der Waals surface area contributed by atoms with Crippen LogP contribution in [0.15, 0.2) is 12.2 Å². The molecule has 0 aliphatic heterocycles. The molecule has 0 saturated carbocycles. The lowest BCUT2D eigenvalue weighted by Gasteiger charge is -1.97. The number of ether oxygens (including phenoxy) is 1. The van der Waals surface area contributed by atoms with Crippen LogP contribution in [-0.2, 0) is 9.53 Å². The Morgan fingerprint density at radius 3 is 2.58 bits per heavy atom. The van der Waals surface area contributed by atoms with E-state index >= 15 is 0 Å². The van der Waals surface area contributed by atoms with Gasteiger partial charge in [-0.3, -0.25) is 4.79 Å². The Balaban J connectivity index is 2.90. The van der Waals surface area contributed by atoms with Crippen LogP contribution in [0.2, 0.25) is 0 Å². The Morgan fingerprint density at radius 1 is 1.17 bits per heavy atom. The van der Waals surface area contributed by atoms with Gasteiger partial charge in [-0.1, -0.05) is 18.9 Å². The molecule has 0 rings (SSSR count). The Hall–Kier alpha value is -0.630. The van der Waals surface area contributed by atoms with Crippen molar-refractivity contribution in [1.29, 1.82) is 0 Å². The van der Waals surface area contributed by atoms with E-state index in [-0.39, 0.29) is 0 Å². The van der Waals surface area contributed by atoms with Crippen LogP contribution in [0.1, 0.15) is 32.1 Å².